The van der Waals surface area contributed by atoms with Gasteiger partial charge in [-0.2, -0.15) is 8.42 Å². The Balaban J connectivity index is 0. The van der Waals surface area contributed by atoms with Crippen LogP contribution >= 0.6 is 0 Å². The minimum absolute atomic E-state index is 0. The Morgan fingerprint density at radius 3 is 1.79 bits per heavy atom. The summed E-state index contributed by atoms with van der Waals surface area (Å²) in [5, 5.41) is 11.4. The number of hydrogen-bond donors (Lipinski definition) is 1. The van der Waals surface area contributed by atoms with Crippen molar-refractivity contribution in [1.29, 1.82) is 0 Å². The van der Waals surface area contributed by atoms with Gasteiger partial charge in [0.25, 0.3) is 10.1 Å². The van der Waals surface area contributed by atoms with Gasteiger partial charge in [0.1, 0.15) is 0 Å². The van der Waals surface area contributed by atoms with Crippen molar-refractivity contribution in [2.45, 2.75) is 103 Å². The third-order valence-electron chi connectivity index (χ3n) is 4.56. The van der Waals surface area contributed by atoms with Crippen molar-refractivity contribution < 1.29 is 69.5 Å². The van der Waals surface area contributed by atoms with E-state index in [2.05, 4.69) is 11.9 Å². The Hall–Kier alpha value is 0.756. The molecule has 1 N–H and O–H groups in total. The summed E-state index contributed by atoms with van der Waals surface area (Å²) in [6.45, 7) is 2.38. The van der Waals surface area contributed by atoms with Crippen LogP contribution in [-0.4, -0.2) is 31.2 Å². The first-order valence-electron chi connectivity index (χ1n) is 10.8. The first-order valence-corrected chi connectivity index (χ1v) is 12.4. The fourth-order valence-electron chi connectivity index (χ4n) is 2.95. The van der Waals surface area contributed by atoms with Crippen LogP contribution in [-0.2, 0) is 10.1 Å². The average Bonchev–Trinajstić information content (AvgIpc) is 2.61. The smallest absolute Gasteiger partial charge is 0.859 e. The van der Waals surface area contributed by atoms with Gasteiger partial charge in [0.15, 0.2) is 0 Å². The van der Waals surface area contributed by atoms with E-state index in [0.29, 0.717) is 0 Å². The fourth-order valence-corrected chi connectivity index (χ4v) is 3.45. The summed E-state index contributed by atoms with van der Waals surface area (Å²) in [5.74, 6) is -0.688. The Labute approximate surface area is 216 Å². The topological polar surface area (TPSA) is 89.8 Å². The Kier molecular flexibility index (Phi) is 24.8. The van der Waals surface area contributed by atoms with E-state index in [1.54, 1.807) is 0 Å². The second-order valence-electron chi connectivity index (χ2n) is 7.29. The molecule has 0 radical (unpaired) electrons. The summed E-state index contributed by atoms with van der Waals surface area (Å²) in [6.07, 6.45) is 21.6. The largest absolute Gasteiger partial charge is 1.00 e. The average molecular weight is 442 g/mol. The molecular weight excluding hydrogens is 401 g/mol. The number of allylic oxidation sites excluding steroid dienone is 1. The van der Waals surface area contributed by atoms with E-state index in [1.807, 2.05) is 6.08 Å². The molecule has 160 valence electrons. The standard InChI is InChI=1S/C21H41NO4S.K/c1-2-3-4-5-6-7-8-9-10-11-12-13-14-15-16-18-21(23)22-19-17-20-27(24,25)26;/h16,18H,2-15,17,19-20H2,1H3,(H,22,23)(H,24,25,26);/q;+1/p-1/b18-16+;. The third kappa shape index (κ3) is 26.8. The van der Waals surface area contributed by atoms with Gasteiger partial charge in [0.05, 0.1) is 5.75 Å². The van der Waals surface area contributed by atoms with Crippen molar-refractivity contribution in [3.63, 3.8) is 0 Å². The van der Waals surface area contributed by atoms with Crippen LogP contribution in [0.2, 0.25) is 0 Å². The van der Waals surface area contributed by atoms with E-state index in [-0.39, 0.29) is 76.0 Å². The zero-order chi connectivity index (χ0) is 20.2. The molecule has 5 nitrogen and oxygen atoms in total. The van der Waals surface area contributed by atoms with Gasteiger partial charge in [-0.1, -0.05) is 96.1 Å². The summed E-state index contributed by atoms with van der Waals surface area (Å²) >= 11 is 0. The predicted octanol–water partition coefficient (Wildman–Crippen LogP) is 2.06. The summed E-state index contributed by atoms with van der Waals surface area (Å²) in [7, 11) is -3.95. The predicted molar refractivity (Wildman–Crippen MR) is 113 cm³/mol. The second-order valence-corrected chi connectivity index (χ2v) is 8.87. The third-order valence-corrected chi connectivity index (χ3v) is 5.37. The molecule has 0 rings (SSSR count). The molecule has 0 saturated heterocycles. The van der Waals surface area contributed by atoms with Gasteiger partial charge >= 0.3 is 51.4 Å². The van der Waals surface area contributed by atoms with Crippen molar-refractivity contribution in [2.24, 2.45) is 4.99 Å². The molecule has 0 aliphatic heterocycles. The maximum Gasteiger partial charge on any atom is 1.00 e. The number of hydrogen-bond acceptors (Lipinski definition) is 4. The van der Waals surface area contributed by atoms with Gasteiger partial charge in [0.2, 0.25) is 0 Å². The van der Waals surface area contributed by atoms with E-state index < -0.39 is 10.1 Å². The molecule has 0 heterocycles. The number of unbranched alkanes of at least 4 members (excludes halogenated alkanes) is 13. The molecule has 0 aromatic rings. The molecule has 0 aromatic heterocycles. The van der Waals surface area contributed by atoms with Gasteiger partial charge in [-0.3, -0.25) is 4.55 Å². The summed E-state index contributed by atoms with van der Waals surface area (Å²) in [5.41, 5.74) is 0. The van der Waals surface area contributed by atoms with Crippen molar-refractivity contribution in [2.75, 3.05) is 12.3 Å². The van der Waals surface area contributed by atoms with Crippen molar-refractivity contribution in [3.8, 4) is 0 Å². The molecule has 0 bridgehead atoms. The number of aliphatic imine (C=N–C) groups is 1. The summed E-state index contributed by atoms with van der Waals surface area (Å²) in [6, 6.07) is 0. The summed E-state index contributed by atoms with van der Waals surface area (Å²) < 4.78 is 29.6. The Bertz CT molecular complexity index is 493. The van der Waals surface area contributed by atoms with E-state index in [4.69, 9.17) is 4.55 Å². The Morgan fingerprint density at radius 2 is 1.32 bits per heavy atom. The molecule has 0 unspecified atom stereocenters. The van der Waals surface area contributed by atoms with E-state index in [9.17, 15) is 13.5 Å². The van der Waals surface area contributed by atoms with Crippen molar-refractivity contribution in [1.82, 2.24) is 0 Å². The van der Waals surface area contributed by atoms with Crippen LogP contribution < -0.4 is 56.5 Å². The maximum atomic E-state index is 11.4. The van der Waals surface area contributed by atoms with Crippen LogP contribution in [0.5, 0.6) is 0 Å². The van der Waals surface area contributed by atoms with Crippen LogP contribution in [0, 0.1) is 0 Å². The molecule has 0 saturated carbocycles. The zero-order valence-electron chi connectivity index (χ0n) is 18.2. The number of rotatable bonds is 19. The van der Waals surface area contributed by atoms with E-state index >= 15 is 0 Å². The first kappa shape index (κ1) is 30.9. The maximum absolute atomic E-state index is 11.4. The molecule has 0 spiro atoms. The molecule has 0 fully saturated rings. The van der Waals surface area contributed by atoms with Gasteiger partial charge in [-0.25, -0.2) is 0 Å². The zero-order valence-corrected chi connectivity index (χ0v) is 22.1. The van der Waals surface area contributed by atoms with Crippen molar-refractivity contribution in [3.05, 3.63) is 12.2 Å². The summed E-state index contributed by atoms with van der Waals surface area (Å²) in [4.78, 5) is 3.73. The molecule has 0 atom stereocenters. The van der Waals surface area contributed by atoms with Crippen LogP contribution in [0.3, 0.4) is 0 Å². The second kappa shape index (κ2) is 22.4. The van der Waals surface area contributed by atoms with Crippen LogP contribution in [0.15, 0.2) is 17.1 Å². The molecular formula is C21H40KNO4S. The molecule has 0 aromatic carbocycles. The van der Waals surface area contributed by atoms with Crippen LogP contribution in [0.1, 0.15) is 103 Å². The molecule has 7 heteroatoms. The quantitative estimate of drug-likeness (QED) is 0.109. The first-order chi connectivity index (χ1) is 13.0. The minimum atomic E-state index is -3.95. The molecule has 28 heavy (non-hydrogen) atoms. The van der Waals surface area contributed by atoms with E-state index in [0.717, 1.165) is 12.8 Å². The number of nitrogens with zero attached hydrogens (tertiary/aromatic N) is 1. The van der Waals surface area contributed by atoms with Gasteiger partial charge < -0.3 is 10.1 Å². The minimum Gasteiger partial charge on any atom is -0.859 e. The van der Waals surface area contributed by atoms with Crippen LogP contribution in [0.4, 0.5) is 0 Å². The fraction of sp³-hybridized carbons (Fsp3) is 0.857. The normalized spacial score (nSPS) is 12.4. The van der Waals surface area contributed by atoms with Crippen molar-refractivity contribution >= 4 is 16.0 Å². The monoisotopic (exact) mass is 441 g/mol. The van der Waals surface area contributed by atoms with Gasteiger partial charge in [-0.05, 0) is 25.2 Å². The molecule has 0 amide bonds. The molecule has 0 aliphatic rings. The van der Waals surface area contributed by atoms with Gasteiger partial charge in [-0.15, -0.1) is 0 Å². The Morgan fingerprint density at radius 1 is 0.857 bits per heavy atom. The van der Waals surface area contributed by atoms with Gasteiger partial charge in [0, 0.05) is 6.54 Å². The van der Waals surface area contributed by atoms with E-state index in [1.165, 1.54) is 83.1 Å². The molecule has 0 aliphatic carbocycles. The SMILES string of the molecule is CCCCCCCCCCCCCCC/C=C/C([O-])=NCCCS(=O)(=O)O.[K+]. The van der Waals surface area contributed by atoms with Crippen LogP contribution in [0.25, 0.3) is 0 Å².